The molecule has 2 amide bonds. The van der Waals surface area contributed by atoms with Crippen molar-refractivity contribution in [2.24, 2.45) is 0 Å². The monoisotopic (exact) mass is 491 g/mol. The molecule has 1 aliphatic heterocycles. The third kappa shape index (κ3) is 5.43. The highest BCUT2D eigenvalue weighted by Gasteiger charge is 2.26. The van der Waals surface area contributed by atoms with Crippen molar-refractivity contribution in [3.63, 3.8) is 0 Å². The molecule has 1 saturated heterocycles. The van der Waals surface area contributed by atoms with E-state index in [1.54, 1.807) is 6.26 Å². The predicted molar refractivity (Wildman–Crippen MR) is 115 cm³/mol. The highest BCUT2D eigenvalue weighted by Crippen LogP contribution is 2.31. The number of carbonyl (C=O) groups is 1. The second-order valence-electron chi connectivity index (χ2n) is 6.24. The van der Waals surface area contributed by atoms with Gasteiger partial charge in [0.05, 0.1) is 10.7 Å². The molecule has 1 fully saturated rings. The van der Waals surface area contributed by atoms with E-state index in [0.29, 0.717) is 11.1 Å². The van der Waals surface area contributed by atoms with Gasteiger partial charge < -0.3 is 9.45 Å². The molecule has 3 rings (SSSR count). The smallest absolute Gasteiger partial charge is 0.341 e. The Balaban J connectivity index is 1.93. The number of urea groups is 1. The van der Waals surface area contributed by atoms with Crippen molar-refractivity contribution in [3.05, 3.63) is 28.2 Å². The fourth-order valence-electron chi connectivity index (χ4n) is 2.85. The summed E-state index contributed by atoms with van der Waals surface area (Å²) in [6.07, 6.45) is 4.83. The maximum Gasteiger partial charge on any atom is 0.341 e. The number of nitrogens with zero attached hydrogens (tertiary/aromatic N) is 5. The van der Waals surface area contributed by atoms with Crippen molar-refractivity contribution in [1.82, 2.24) is 15.0 Å². The number of anilines is 3. The maximum absolute atomic E-state index is 12.7. The van der Waals surface area contributed by atoms with Crippen LogP contribution in [-0.4, -0.2) is 53.3 Å². The summed E-state index contributed by atoms with van der Waals surface area (Å²) in [6.45, 7) is 1.51. The minimum atomic E-state index is -5.26. The lowest BCUT2D eigenvalue weighted by Gasteiger charge is -2.27. The van der Waals surface area contributed by atoms with Gasteiger partial charge in [0, 0.05) is 18.1 Å². The normalized spacial score (nSPS) is 14.5. The Bertz CT molecular complexity index is 1050. The number of amides is 2. The zero-order valence-corrected chi connectivity index (χ0v) is 18.9. The molecule has 1 N–H and O–H groups in total. The third-order valence-corrected chi connectivity index (χ3v) is 6.08. The summed E-state index contributed by atoms with van der Waals surface area (Å²) >= 11 is 13.0. The number of nitrogens with one attached hydrogen (secondary N) is 1. The van der Waals surface area contributed by atoms with E-state index in [-0.39, 0.29) is 26.0 Å². The Kier molecular flexibility index (Phi) is 7.24. The molecule has 14 heteroatoms. The van der Waals surface area contributed by atoms with E-state index < -0.39 is 16.3 Å². The van der Waals surface area contributed by atoms with E-state index in [1.807, 2.05) is 4.90 Å². The second-order valence-corrected chi connectivity index (χ2v) is 9.08. The first kappa shape index (κ1) is 22.8. The van der Waals surface area contributed by atoms with Crippen LogP contribution < -0.4 is 14.5 Å². The van der Waals surface area contributed by atoms with E-state index in [4.69, 9.17) is 23.2 Å². The molecular formula is C16H17Cl2N6O4S2-. The van der Waals surface area contributed by atoms with Crippen molar-refractivity contribution >= 4 is 68.9 Å². The van der Waals surface area contributed by atoms with Crippen molar-refractivity contribution in [2.75, 3.05) is 33.9 Å². The zero-order chi connectivity index (χ0) is 21.9. The van der Waals surface area contributed by atoms with Crippen LogP contribution in [0.5, 0.6) is 0 Å². The summed E-state index contributed by atoms with van der Waals surface area (Å²) in [6, 6.07) is 2.39. The van der Waals surface area contributed by atoms with Gasteiger partial charge in [-0.3, -0.25) is 5.32 Å². The summed E-state index contributed by atoms with van der Waals surface area (Å²) in [5.41, 5.74) is -0.344. The van der Waals surface area contributed by atoms with E-state index in [9.17, 15) is 17.8 Å². The molecule has 0 spiro atoms. The van der Waals surface area contributed by atoms with E-state index in [2.05, 4.69) is 20.3 Å². The van der Waals surface area contributed by atoms with Gasteiger partial charge in [0.1, 0.15) is 0 Å². The molecule has 10 nitrogen and oxygen atoms in total. The average Bonchev–Trinajstić information content (AvgIpc) is 2.69. The predicted octanol–water partition coefficient (Wildman–Crippen LogP) is 3.39. The van der Waals surface area contributed by atoms with Crippen LogP contribution in [-0.2, 0) is 10.3 Å². The number of benzene rings is 1. The van der Waals surface area contributed by atoms with Crippen LogP contribution in [0, 0.1) is 0 Å². The molecule has 0 saturated carbocycles. The van der Waals surface area contributed by atoms with Crippen LogP contribution in [0.25, 0.3) is 0 Å². The van der Waals surface area contributed by atoms with Crippen molar-refractivity contribution in [2.45, 2.75) is 24.4 Å². The fourth-order valence-corrected chi connectivity index (χ4v) is 4.39. The van der Waals surface area contributed by atoms with Gasteiger partial charge in [-0.05, 0) is 43.7 Å². The molecule has 30 heavy (non-hydrogen) atoms. The number of hydrogen-bond donors (Lipinski definition) is 1. The standard InChI is InChI=1S/C16H18Cl2N6O4S2/c1-29-15-20-13(19-14(22-15)23-7-3-2-4-8-23)21-16(25)24(30(26,27)28)12-6-5-10(17)9-11(12)18/h5-6,9H,2-4,7-8H2,1H3,(H,26,27,28)(H,19,20,21,22,25)/p-1. The van der Waals surface area contributed by atoms with Gasteiger partial charge in [0.25, 0.3) is 0 Å². The minimum absolute atomic E-state index is 0.00518. The van der Waals surface area contributed by atoms with Crippen LogP contribution >= 0.6 is 35.0 Å². The van der Waals surface area contributed by atoms with Crippen LogP contribution in [0.15, 0.2) is 23.4 Å². The number of thioether (sulfide) groups is 1. The summed E-state index contributed by atoms with van der Waals surface area (Å²) < 4.78 is 35.4. The molecule has 0 atom stereocenters. The Morgan fingerprint density at radius 1 is 1.20 bits per heavy atom. The number of aromatic nitrogens is 3. The molecule has 1 aromatic heterocycles. The van der Waals surface area contributed by atoms with Gasteiger partial charge in [-0.2, -0.15) is 19.3 Å². The molecule has 0 radical (unpaired) electrons. The molecule has 2 heterocycles. The lowest BCUT2D eigenvalue weighted by Crippen LogP contribution is -2.40. The van der Waals surface area contributed by atoms with Crippen LogP contribution in [0.1, 0.15) is 19.3 Å². The molecule has 0 unspecified atom stereocenters. The number of piperidine rings is 1. The minimum Gasteiger partial charge on any atom is -0.730 e. The van der Waals surface area contributed by atoms with Gasteiger partial charge in [-0.15, -0.1) is 0 Å². The number of halogens is 2. The zero-order valence-electron chi connectivity index (χ0n) is 15.7. The molecule has 2 aromatic rings. The Labute approximate surface area is 187 Å². The summed E-state index contributed by atoms with van der Waals surface area (Å²) in [5, 5.41) is 2.61. The van der Waals surface area contributed by atoms with Crippen LogP contribution in [0.4, 0.5) is 22.4 Å². The largest absolute Gasteiger partial charge is 0.730 e. The lowest BCUT2D eigenvalue weighted by atomic mass is 10.1. The number of hydrogen-bond acceptors (Lipinski definition) is 9. The summed E-state index contributed by atoms with van der Waals surface area (Å²) in [7, 11) is -5.26. The first-order valence-corrected chi connectivity index (χ1v) is 12.1. The first-order valence-electron chi connectivity index (χ1n) is 8.76. The van der Waals surface area contributed by atoms with Crippen molar-refractivity contribution in [1.29, 1.82) is 0 Å². The van der Waals surface area contributed by atoms with Gasteiger partial charge >= 0.3 is 6.03 Å². The van der Waals surface area contributed by atoms with Gasteiger partial charge in [0.2, 0.25) is 11.9 Å². The quantitative estimate of drug-likeness (QED) is 0.493. The Morgan fingerprint density at radius 3 is 2.50 bits per heavy atom. The van der Waals surface area contributed by atoms with Crippen molar-refractivity contribution < 1.29 is 17.8 Å². The average molecular weight is 492 g/mol. The SMILES string of the molecule is CSc1nc(NC(=O)N(c2ccc(Cl)cc2Cl)S(=O)(=O)[O-])nc(N2CCCCC2)n1. The summed E-state index contributed by atoms with van der Waals surface area (Å²) in [5.74, 6) is 0.184. The molecule has 1 aromatic carbocycles. The molecule has 0 bridgehead atoms. The number of carbonyl (C=O) groups excluding carboxylic acids is 1. The Morgan fingerprint density at radius 2 is 1.90 bits per heavy atom. The third-order valence-electron chi connectivity index (χ3n) is 4.18. The van der Waals surface area contributed by atoms with Gasteiger partial charge in [0.15, 0.2) is 15.5 Å². The first-order chi connectivity index (χ1) is 14.2. The summed E-state index contributed by atoms with van der Waals surface area (Å²) in [4.78, 5) is 27.3. The molecule has 1 aliphatic rings. The lowest BCUT2D eigenvalue weighted by molar-refractivity contribution is 0.259. The van der Waals surface area contributed by atoms with Gasteiger partial charge in [-0.25, -0.2) is 13.2 Å². The highest BCUT2D eigenvalue weighted by molar-refractivity contribution is 7.98. The number of rotatable bonds is 5. The molecule has 162 valence electrons. The Hall–Kier alpha value is -1.86. The molecular weight excluding hydrogens is 475 g/mol. The van der Waals surface area contributed by atoms with Crippen molar-refractivity contribution in [3.8, 4) is 0 Å². The fraction of sp³-hybridized carbons (Fsp3) is 0.375. The topological polar surface area (TPSA) is 131 Å². The van der Waals surface area contributed by atoms with Crippen LogP contribution in [0.3, 0.4) is 0 Å². The van der Waals surface area contributed by atoms with E-state index >= 15 is 0 Å². The van der Waals surface area contributed by atoms with E-state index in [0.717, 1.165) is 38.4 Å². The van der Waals surface area contributed by atoms with E-state index in [1.165, 1.54) is 23.9 Å². The maximum atomic E-state index is 12.7. The van der Waals surface area contributed by atoms with Gasteiger partial charge in [-0.1, -0.05) is 35.0 Å². The highest BCUT2D eigenvalue weighted by atomic mass is 35.5. The molecule has 0 aliphatic carbocycles. The van der Waals surface area contributed by atoms with Crippen LogP contribution in [0.2, 0.25) is 10.0 Å². The second kappa shape index (κ2) is 9.52.